The van der Waals surface area contributed by atoms with Gasteiger partial charge in [0.2, 0.25) is 5.91 Å². The number of piperidine rings is 1. The second-order valence-corrected chi connectivity index (χ2v) is 8.38. The van der Waals surface area contributed by atoms with Gasteiger partial charge in [0, 0.05) is 19.5 Å². The van der Waals surface area contributed by atoms with Gasteiger partial charge >= 0.3 is 0 Å². The van der Waals surface area contributed by atoms with Crippen molar-refractivity contribution in [1.82, 2.24) is 25.0 Å². The molecule has 1 aliphatic heterocycles. The number of hydrogen-bond donors (Lipinski definition) is 1. The van der Waals surface area contributed by atoms with Crippen molar-refractivity contribution in [3.63, 3.8) is 0 Å². The van der Waals surface area contributed by atoms with E-state index in [-0.39, 0.29) is 11.9 Å². The lowest BCUT2D eigenvalue weighted by molar-refractivity contribution is -0.119. The van der Waals surface area contributed by atoms with Crippen LogP contribution in [0.3, 0.4) is 0 Å². The Balaban J connectivity index is 1.53. The normalized spacial score (nSPS) is 15.8. The van der Waals surface area contributed by atoms with Gasteiger partial charge in [-0.05, 0) is 38.4 Å². The molecule has 2 heterocycles. The number of allylic oxidation sites excluding steroid dienone is 1. The molecule has 0 bridgehead atoms. The molecule has 0 saturated carbocycles. The Morgan fingerprint density at radius 2 is 2.00 bits per heavy atom. The number of carbonyl (C=O) groups excluding carboxylic acids is 1. The molecule has 29 heavy (non-hydrogen) atoms. The highest BCUT2D eigenvalue weighted by atomic mass is 32.2. The molecule has 7 heteroatoms. The topological polar surface area (TPSA) is 63.1 Å². The average molecular weight is 414 g/mol. The summed E-state index contributed by atoms with van der Waals surface area (Å²) < 4.78 is 2.08. The van der Waals surface area contributed by atoms with Gasteiger partial charge in [-0.3, -0.25) is 4.79 Å². The molecule has 1 fully saturated rings. The van der Waals surface area contributed by atoms with E-state index >= 15 is 0 Å². The van der Waals surface area contributed by atoms with Crippen LogP contribution in [-0.2, 0) is 17.8 Å². The molecule has 1 N–H and O–H groups in total. The smallest absolute Gasteiger partial charge is 0.230 e. The van der Waals surface area contributed by atoms with Crippen LogP contribution >= 0.6 is 11.8 Å². The second-order valence-electron chi connectivity index (χ2n) is 7.44. The lowest BCUT2D eigenvalue weighted by Gasteiger charge is -2.26. The number of rotatable bonds is 10. The number of carbonyl (C=O) groups is 1. The van der Waals surface area contributed by atoms with Crippen LogP contribution in [0.4, 0.5) is 0 Å². The number of hydrogen-bond acceptors (Lipinski definition) is 5. The summed E-state index contributed by atoms with van der Waals surface area (Å²) in [6, 6.07) is 9.96. The molecule has 1 aromatic carbocycles. The van der Waals surface area contributed by atoms with Gasteiger partial charge in [0.05, 0.1) is 11.8 Å². The largest absolute Gasteiger partial charge is 0.349 e. The third-order valence-corrected chi connectivity index (χ3v) is 6.18. The van der Waals surface area contributed by atoms with E-state index in [1.54, 1.807) is 0 Å². The van der Waals surface area contributed by atoms with Crippen molar-refractivity contribution in [3.05, 3.63) is 54.4 Å². The first-order valence-corrected chi connectivity index (χ1v) is 11.4. The van der Waals surface area contributed by atoms with E-state index in [1.165, 1.54) is 44.1 Å². The Labute approximate surface area is 177 Å². The fourth-order valence-corrected chi connectivity index (χ4v) is 4.38. The minimum Gasteiger partial charge on any atom is -0.349 e. The fourth-order valence-electron chi connectivity index (χ4n) is 3.60. The Bertz CT molecular complexity index is 786. The van der Waals surface area contributed by atoms with E-state index in [2.05, 4.69) is 31.6 Å². The summed E-state index contributed by atoms with van der Waals surface area (Å²) in [5.41, 5.74) is 1.10. The second kappa shape index (κ2) is 11.2. The maximum atomic E-state index is 12.4. The number of nitrogens with one attached hydrogen (secondary N) is 1. The highest BCUT2D eigenvalue weighted by Gasteiger charge is 2.16. The first-order chi connectivity index (χ1) is 14.2. The first-order valence-electron chi connectivity index (χ1n) is 10.4. The lowest BCUT2D eigenvalue weighted by atomic mass is 10.1. The van der Waals surface area contributed by atoms with Crippen molar-refractivity contribution in [2.75, 3.05) is 25.4 Å². The summed E-state index contributed by atoms with van der Waals surface area (Å²) in [7, 11) is 0. The molecule has 1 aliphatic rings. The fraction of sp³-hybridized carbons (Fsp3) is 0.500. The molecule has 1 amide bonds. The van der Waals surface area contributed by atoms with Crippen molar-refractivity contribution in [2.45, 2.75) is 50.4 Å². The number of thioether (sulfide) groups is 1. The summed E-state index contributed by atoms with van der Waals surface area (Å²) >= 11 is 1.43. The standard InChI is InChI=1S/C22H31N5OS/c1-3-13-27-20(12-16-26-14-8-5-9-15-26)24-25-22(27)29-17-21(28)23-18(2)19-10-6-4-7-11-19/h3-4,6-7,10-11,18H,1,5,8-9,12-17H2,2H3,(H,23,28)/t18-/m1/s1. The molecule has 1 atom stereocenters. The SMILES string of the molecule is C=CCn1c(CCN2CCCCC2)nnc1SCC(=O)N[C@H](C)c1ccccc1. The molecule has 0 unspecified atom stereocenters. The summed E-state index contributed by atoms with van der Waals surface area (Å²) in [6.45, 7) is 9.88. The lowest BCUT2D eigenvalue weighted by Crippen LogP contribution is -2.32. The van der Waals surface area contributed by atoms with E-state index < -0.39 is 0 Å². The minimum absolute atomic E-state index is 0.00521. The minimum atomic E-state index is -0.0181. The predicted molar refractivity (Wildman–Crippen MR) is 118 cm³/mol. The monoisotopic (exact) mass is 413 g/mol. The Kier molecular flexibility index (Phi) is 8.31. The summed E-state index contributed by atoms with van der Waals surface area (Å²) in [6.07, 6.45) is 6.65. The van der Waals surface area contributed by atoms with Crippen LogP contribution < -0.4 is 5.32 Å². The van der Waals surface area contributed by atoms with Crippen LogP contribution in [-0.4, -0.2) is 51.0 Å². The summed E-state index contributed by atoms with van der Waals surface area (Å²) in [5, 5.41) is 12.6. The maximum absolute atomic E-state index is 12.4. The molecular weight excluding hydrogens is 382 g/mol. The quantitative estimate of drug-likeness (QED) is 0.477. The highest BCUT2D eigenvalue weighted by molar-refractivity contribution is 7.99. The zero-order chi connectivity index (χ0) is 20.5. The summed E-state index contributed by atoms with van der Waals surface area (Å²) in [5.74, 6) is 1.28. The summed E-state index contributed by atoms with van der Waals surface area (Å²) in [4.78, 5) is 14.9. The van der Waals surface area contributed by atoms with Crippen LogP contribution in [0.2, 0.25) is 0 Å². The third-order valence-electron chi connectivity index (χ3n) is 5.21. The first kappa shape index (κ1) is 21.6. The van der Waals surface area contributed by atoms with Crippen molar-refractivity contribution in [3.8, 4) is 0 Å². The number of aromatic nitrogens is 3. The zero-order valence-electron chi connectivity index (χ0n) is 17.2. The van der Waals surface area contributed by atoms with Crippen molar-refractivity contribution >= 4 is 17.7 Å². The van der Waals surface area contributed by atoms with Crippen LogP contribution in [0.15, 0.2) is 48.1 Å². The number of benzene rings is 1. The van der Waals surface area contributed by atoms with Crippen molar-refractivity contribution in [2.24, 2.45) is 0 Å². The molecule has 3 rings (SSSR count). The van der Waals surface area contributed by atoms with Crippen LogP contribution in [0.1, 0.15) is 43.6 Å². The van der Waals surface area contributed by atoms with Gasteiger partial charge in [0.1, 0.15) is 5.82 Å². The number of amides is 1. The molecule has 6 nitrogen and oxygen atoms in total. The Morgan fingerprint density at radius 1 is 1.24 bits per heavy atom. The van der Waals surface area contributed by atoms with Gasteiger partial charge in [0.25, 0.3) is 0 Å². The Morgan fingerprint density at radius 3 is 2.72 bits per heavy atom. The molecule has 2 aromatic rings. The Hall–Kier alpha value is -2.12. The maximum Gasteiger partial charge on any atom is 0.230 e. The van der Waals surface area contributed by atoms with Crippen molar-refractivity contribution < 1.29 is 4.79 Å². The average Bonchev–Trinajstić information content (AvgIpc) is 3.14. The van der Waals surface area contributed by atoms with Gasteiger partial charge in [-0.1, -0.05) is 54.6 Å². The highest BCUT2D eigenvalue weighted by Crippen LogP contribution is 2.19. The van der Waals surface area contributed by atoms with Gasteiger partial charge < -0.3 is 14.8 Å². The van der Waals surface area contributed by atoms with E-state index in [9.17, 15) is 4.79 Å². The molecule has 0 aliphatic carbocycles. The van der Waals surface area contributed by atoms with E-state index in [0.29, 0.717) is 12.3 Å². The zero-order valence-corrected chi connectivity index (χ0v) is 18.0. The molecular formula is C22H31N5OS. The predicted octanol–water partition coefficient (Wildman–Crippen LogP) is 3.46. The van der Waals surface area contributed by atoms with Crippen molar-refractivity contribution in [1.29, 1.82) is 0 Å². The number of likely N-dealkylation sites (tertiary alicyclic amines) is 1. The van der Waals surface area contributed by atoms with E-state index in [4.69, 9.17) is 0 Å². The van der Waals surface area contributed by atoms with Crippen LogP contribution in [0.25, 0.3) is 0 Å². The van der Waals surface area contributed by atoms with Gasteiger partial charge in [-0.25, -0.2) is 0 Å². The molecule has 156 valence electrons. The molecule has 0 radical (unpaired) electrons. The van der Waals surface area contributed by atoms with Gasteiger partial charge in [0.15, 0.2) is 5.16 Å². The molecule has 1 aromatic heterocycles. The van der Waals surface area contributed by atoms with Crippen LogP contribution in [0.5, 0.6) is 0 Å². The van der Waals surface area contributed by atoms with E-state index in [0.717, 1.165) is 29.5 Å². The third kappa shape index (κ3) is 6.44. The van der Waals surface area contributed by atoms with Gasteiger partial charge in [-0.2, -0.15) is 0 Å². The van der Waals surface area contributed by atoms with Gasteiger partial charge in [-0.15, -0.1) is 16.8 Å². The molecule has 1 saturated heterocycles. The molecule has 0 spiro atoms. The van der Waals surface area contributed by atoms with E-state index in [1.807, 2.05) is 43.3 Å². The number of nitrogens with zero attached hydrogens (tertiary/aromatic N) is 4. The van der Waals surface area contributed by atoms with Crippen LogP contribution in [0, 0.1) is 0 Å².